The number of aliphatic carboxylic acids is 1. The lowest BCUT2D eigenvalue weighted by Gasteiger charge is -2.16. The van der Waals surface area contributed by atoms with E-state index in [2.05, 4.69) is 0 Å². The summed E-state index contributed by atoms with van der Waals surface area (Å²) < 4.78 is 0. The fraction of sp³-hybridized carbons (Fsp3) is 0.333. The summed E-state index contributed by atoms with van der Waals surface area (Å²) in [7, 11) is 1.41. The number of carboxylic acid groups (broad SMARTS) is 1. The fourth-order valence-electron chi connectivity index (χ4n) is 1.55. The van der Waals surface area contributed by atoms with Crippen LogP contribution in [0, 0.1) is 17.0 Å². The number of carbonyl (C=O) groups is 2. The average molecular weight is 266 g/mol. The second-order valence-electron chi connectivity index (χ2n) is 4.15. The van der Waals surface area contributed by atoms with Gasteiger partial charge >= 0.3 is 5.97 Å². The first-order chi connectivity index (χ1) is 8.82. The van der Waals surface area contributed by atoms with Crippen LogP contribution >= 0.6 is 0 Å². The molecule has 19 heavy (non-hydrogen) atoms. The molecule has 1 N–H and O–H groups in total. The minimum absolute atomic E-state index is 0.000731. The summed E-state index contributed by atoms with van der Waals surface area (Å²) >= 11 is 0. The summed E-state index contributed by atoms with van der Waals surface area (Å²) in [5.41, 5.74) is 0.413. The van der Waals surface area contributed by atoms with Crippen LogP contribution in [0.5, 0.6) is 0 Å². The van der Waals surface area contributed by atoms with Gasteiger partial charge in [-0.25, -0.2) is 0 Å². The molecule has 0 aliphatic carbocycles. The highest BCUT2D eigenvalue weighted by atomic mass is 16.6. The molecule has 7 nitrogen and oxygen atoms in total. The zero-order chi connectivity index (χ0) is 14.6. The minimum Gasteiger partial charge on any atom is -0.481 e. The highest BCUT2D eigenvalue weighted by molar-refractivity contribution is 5.98. The average Bonchev–Trinajstić information content (AvgIpc) is 2.34. The molecule has 1 rings (SSSR count). The Bertz CT molecular complexity index is 527. The van der Waals surface area contributed by atoms with Gasteiger partial charge in [-0.05, 0) is 18.6 Å². The van der Waals surface area contributed by atoms with Crippen LogP contribution in [0.2, 0.25) is 0 Å². The van der Waals surface area contributed by atoms with Crippen LogP contribution < -0.4 is 0 Å². The molecule has 0 unspecified atom stereocenters. The smallest absolute Gasteiger partial charge is 0.305 e. The van der Waals surface area contributed by atoms with Crippen molar-refractivity contribution in [1.82, 2.24) is 4.90 Å². The molecule has 1 aromatic rings. The van der Waals surface area contributed by atoms with E-state index in [-0.39, 0.29) is 24.2 Å². The van der Waals surface area contributed by atoms with Crippen molar-refractivity contribution in [1.29, 1.82) is 0 Å². The Morgan fingerprint density at radius 3 is 2.58 bits per heavy atom. The number of nitrogens with zero attached hydrogens (tertiary/aromatic N) is 2. The maximum atomic E-state index is 12.1. The Morgan fingerprint density at radius 1 is 1.42 bits per heavy atom. The van der Waals surface area contributed by atoms with E-state index in [0.29, 0.717) is 0 Å². The molecule has 0 atom stereocenters. The van der Waals surface area contributed by atoms with Crippen LogP contribution in [0.25, 0.3) is 0 Å². The number of nitro groups is 1. The molecule has 102 valence electrons. The number of carboxylic acids is 1. The van der Waals surface area contributed by atoms with E-state index < -0.39 is 16.8 Å². The number of rotatable bonds is 5. The maximum absolute atomic E-state index is 12.1. The van der Waals surface area contributed by atoms with Crippen molar-refractivity contribution in [3.63, 3.8) is 0 Å². The number of benzene rings is 1. The van der Waals surface area contributed by atoms with Gasteiger partial charge in [0.25, 0.3) is 11.6 Å². The van der Waals surface area contributed by atoms with Crippen molar-refractivity contribution in [2.24, 2.45) is 0 Å². The standard InChI is InChI=1S/C12H14N2O5/c1-8-3-4-10(14(18)19)9(7-8)12(17)13(2)6-5-11(15)16/h3-4,7H,5-6H2,1-2H3,(H,15,16). The number of aryl methyl sites for hydroxylation is 1. The van der Waals surface area contributed by atoms with Crippen LogP contribution in [0.4, 0.5) is 5.69 Å². The molecular formula is C12H14N2O5. The van der Waals surface area contributed by atoms with Gasteiger partial charge in [-0.1, -0.05) is 6.07 Å². The van der Waals surface area contributed by atoms with Crippen LogP contribution in [0.1, 0.15) is 22.3 Å². The number of hydrogen-bond acceptors (Lipinski definition) is 4. The second kappa shape index (κ2) is 5.94. The highest BCUT2D eigenvalue weighted by Crippen LogP contribution is 2.21. The predicted molar refractivity (Wildman–Crippen MR) is 67.0 cm³/mol. The summed E-state index contributed by atoms with van der Waals surface area (Å²) in [4.78, 5) is 33.9. The fourth-order valence-corrected chi connectivity index (χ4v) is 1.55. The van der Waals surface area contributed by atoms with Crippen LogP contribution in [-0.2, 0) is 4.79 Å². The summed E-state index contributed by atoms with van der Waals surface area (Å²) in [5.74, 6) is -1.59. The molecule has 0 saturated carbocycles. The Balaban J connectivity index is 3.01. The van der Waals surface area contributed by atoms with Crippen molar-refractivity contribution in [2.75, 3.05) is 13.6 Å². The van der Waals surface area contributed by atoms with Crippen molar-refractivity contribution >= 4 is 17.6 Å². The van der Waals surface area contributed by atoms with E-state index in [0.717, 1.165) is 10.5 Å². The Hall–Kier alpha value is -2.44. The lowest BCUT2D eigenvalue weighted by Crippen LogP contribution is -2.29. The van der Waals surface area contributed by atoms with Gasteiger partial charge < -0.3 is 10.0 Å². The van der Waals surface area contributed by atoms with Crippen molar-refractivity contribution in [3.05, 3.63) is 39.4 Å². The molecule has 0 aliphatic rings. The third kappa shape index (κ3) is 3.77. The zero-order valence-electron chi connectivity index (χ0n) is 10.6. The largest absolute Gasteiger partial charge is 0.481 e. The van der Waals surface area contributed by atoms with Crippen molar-refractivity contribution in [3.8, 4) is 0 Å². The third-order valence-corrected chi connectivity index (χ3v) is 2.59. The second-order valence-corrected chi connectivity index (χ2v) is 4.15. The highest BCUT2D eigenvalue weighted by Gasteiger charge is 2.23. The van der Waals surface area contributed by atoms with Crippen LogP contribution in [0.15, 0.2) is 18.2 Å². The third-order valence-electron chi connectivity index (χ3n) is 2.59. The number of carbonyl (C=O) groups excluding carboxylic acids is 1. The summed E-state index contributed by atoms with van der Waals surface area (Å²) in [5, 5.41) is 19.4. The molecule has 0 radical (unpaired) electrons. The van der Waals surface area contributed by atoms with E-state index in [9.17, 15) is 19.7 Å². The summed E-state index contributed by atoms with van der Waals surface area (Å²) in [6.45, 7) is 1.72. The SMILES string of the molecule is Cc1ccc([N+](=O)[O-])c(C(=O)N(C)CCC(=O)O)c1. The quantitative estimate of drug-likeness (QED) is 0.642. The van der Waals surface area contributed by atoms with Gasteiger partial charge in [-0.3, -0.25) is 19.7 Å². The van der Waals surface area contributed by atoms with E-state index in [1.165, 1.54) is 19.2 Å². The van der Waals surface area contributed by atoms with Gasteiger partial charge in [0, 0.05) is 19.7 Å². The predicted octanol–water partition coefficient (Wildman–Crippen LogP) is 1.45. The molecule has 0 aromatic heterocycles. The van der Waals surface area contributed by atoms with Gasteiger partial charge in [0.05, 0.1) is 11.3 Å². The van der Waals surface area contributed by atoms with Crippen LogP contribution in [0.3, 0.4) is 0 Å². The van der Waals surface area contributed by atoms with Crippen molar-refractivity contribution in [2.45, 2.75) is 13.3 Å². The first-order valence-corrected chi connectivity index (χ1v) is 5.55. The number of amides is 1. The molecule has 0 saturated heterocycles. The Morgan fingerprint density at radius 2 is 2.05 bits per heavy atom. The number of nitro benzene ring substituents is 1. The first kappa shape index (κ1) is 14.6. The van der Waals surface area contributed by atoms with Crippen molar-refractivity contribution < 1.29 is 19.6 Å². The summed E-state index contributed by atoms with van der Waals surface area (Å²) in [6.07, 6.45) is -0.206. The first-order valence-electron chi connectivity index (χ1n) is 5.55. The molecular weight excluding hydrogens is 252 g/mol. The lowest BCUT2D eigenvalue weighted by molar-refractivity contribution is -0.385. The summed E-state index contributed by atoms with van der Waals surface area (Å²) in [6, 6.07) is 4.25. The normalized spacial score (nSPS) is 10.0. The van der Waals surface area contributed by atoms with Gasteiger partial charge in [0.15, 0.2) is 0 Å². The van der Waals surface area contributed by atoms with Gasteiger partial charge in [0.1, 0.15) is 5.56 Å². The maximum Gasteiger partial charge on any atom is 0.305 e. The molecule has 0 aliphatic heterocycles. The molecule has 1 amide bonds. The Labute approximate surface area is 109 Å². The van der Waals surface area contributed by atoms with E-state index in [1.807, 2.05) is 0 Å². The van der Waals surface area contributed by atoms with E-state index in [4.69, 9.17) is 5.11 Å². The lowest BCUT2D eigenvalue weighted by atomic mass is 10.1. The van der Waals surface area contributed by atoms with Gasteiger partial charge in [0.2, 0.25) is 0 Å². The van der Waals surface area contributed by atoms with Gasteiger partial charge in [-0.2, -0.15) is 0 Å². The molecule has 0 heterocycles. The molecule has 0 fully saturated rings. The monoisotopic (exact) mass is 266 g/mol. The molecule has 0 bridgehead atoms. The molecule has 0 spiro atoms. The Kier molecular flexibility index (Phi) is 4.57. The zero-order valence-corrected chi connectivity index (χ0v) is 10.6. The topological polar surface area (TPSA) is 101 Å². The minimum atomic E-state index is -1.03. The molecule has 1 aromatic carbocycles. The van der Waals surface area contributed by atoms with E-state index >= 15 is 0 Å². The number of hydrogen-bond donors (Lipinski definition) is 1. The van der Waals surface area contributed by atoms with Gasteiger partial charge in [-0.15, -0.1) is 0 Å². The van der Waals surface area contributed by atoms with E-state index in [1.54, 1.807) is 13.0 Å². The van der Waals surface area contributed by atoms with Crippen LogP contribution in [-0.4, -0.2) is 40.4 Å². The molecule has 7 heteroatoms.